The molecule has 1 aromatic carbocycles. The number of halogens is 1. The Morgan fingerprint density at radius 2 is 1.92 bits per heavy atom. The molecule has 1 saturated heterocycles. The topological polar surface area (TPSA) is 66.7 Å². The lowest BCUT2D eigenvalue weighted by Crippen LogP contribution is -2.40. The second kappa shape index (κ2) is 5.41. The Morgan fingerprint density at radius 3 is 2.64 bits per heavy atom. The summed E-state index contributed by atoms with van der Waals surface area (Å²) in [6.45, 7) is 1.69. The van der Waals surface area contributed by atoms with Crippen LogP contribution in [-0.2, 0) is 16.9 Å². The fourth-order valence-electron chi connectivity index (χ4n) is 3.04. The number of rotatable bonds is 3. The number of fused-ring (bicyclic) bond motifs is 1. The van der Waals surface area contributed by atoms with Crippen LogP contribution in [0, 0.1) is 5.82 Å². The van der Waals surface area contributed by atoms with E-state index in [-0.39, 0.29) is 12.5 Å². The van der Waals surface area contributed by atoms with Crippen molar-refractivity contribution in [3.05, 3.63) is 71.9 Å². The van der Waals surface area contributed by atoms with Crippen molar-refractivity contribution >= 4 is 17.6 Å². The summed E-state index contributed by atoms with van der Waals surface area (Å²) in [4.78, 5) is 30.7. The molecule has 1 atom stereocenters. The van der Waals surface area contributed by atoms with Crippen molar-refractivity contribution in [3.8, 4) is 0 Å². The molecule has 6 nitrogen and oxygen atoms in total. The van der Waals surface area contributed by atoms with E-state index in [1.165, 1.54) is 24.3 Å². The van der Waals surface area contributed by atoms with E-state index in [2.05, 4.69) is 10.3 Å². The summed E-state index contributed by atoms with van der Waals surface area (Å²) in [6.07, 6.45) is 3.63. The maximum absolute atomic E-state index is 13.1. The molecule has 1 N–H and O–H groups in total. The zero-order chi connectivity index (χ0) is 17.6. The highest BCUT2D eigenvalue weighted by molar-refractivity contribution is 6.07. The minimum Gasteiger partial charge on any atom is -0.319 e. The van der Waals surface area contributed by atoms with Crippen molar-refractivity contribution in [2.45, 2.75) is 19.0 Å². The van der Waals surface area contributed by atoms with Gasteiger partial charge in [-0.25, -0.2) is 14.2 Å². The summed E-state index contributed by atoms with van der Waals surface area (Å²) < 4.78 is 15.0. The van der Waals surface area contributed by atoms with Crippen LogP contribution in [0.4, 0.5) is 9.18 Å². The van der Waals surface area contributed by atoms with Crippen molar-refractivity contribution in [1.29, 1.82) is 0 Å². The summed E-state index contributed by atoms with van der Waals surface area (Å²) in [5, 5.41) is 2.70. The monoisotopic (exact) mass is 338 g/mol. The van der Waals surface area contributed by atoms with E-state index in [0.717, 1.165) is 10.5 Å². The summed E-state index contributed by atoms with van der Waals surface area (Å²) in [6, 6.07) is 10.6. The van der Waals surface area contributed by atoms with E-state index in [1.54, 1.807) is 13.1 Å². The van der Waals surface area contributed by atoms with Crippen molar-refractivity contribution < 1.29 is 14.0 Å². The molecule has 0 radical (unpaired) electrons. The van der Waals surface area contributed by atoms with E-state index in [4.69, 9.17) is 0 Å². The molecule has 3 heterocycles. The first-order valence-corrected chi connectivity index (χ1v) is 7.80. The van der Waals surface area contributed by atoms with E-state index in [0.29, 0.717) is 11.3 Å². The molecule has 4 rings (SSSR count). The molecule has 1 unspecified atom stereocenters. The van der Waals surface area contributed by atoms with Crippen LogP contribution in [0.2, 0.25) is 0 Å². The van der Waals surface area contributed by atoms with Crippen molar-refractivity contribution in [2.24, 2.45) is 0 Å². The average molecular weight is 338 g/mol. The number of amides is 3. The Kier molecular flexibility index (Phi) is 3.31. The molecule has 2 aromatic heterocycles. The first kappa shape index (κ1) is 15.3. The lowest BCUT2D eigenvalue weighted by molar-refractivity contribution is -0.131. The molecule has 0 saturated carbocycles. The summed E-state index contributed by atoms with van der Waals surface area (Å²) in [5.74, 6) is -0.785. The molecule has 7 heteroatoms. The number of benzene rings is 1. The standard InChI is InChI=1S/C18H15FN4O2/c1-18(12-5-7-13(19)8-6-12)16(24)23(17(25)21-18)11-14-10-22-9-3-2-4-15(22)20-14/h2-10H,11H2,1H3,(H,21,25). The zero-order valence-corrected chi connectivity index (χ0v) is 13.4. The van der Waals surface area contributed by atoms with E-state index < -0.39 is 17.4 Å². The lowest BCUT2D eigenvalue weighted by Gasteiger charge is -2.22. The minimum absolute atomic E-state index is 0.0726. The summed E-state index contributed by atoms with van der Waals surface area (Å²) >= 11 is 0. The quantitative estimate of drug-likeness (QED) is 0.746. The number of hydrogen-bond acceptors (Lipinski definition) is 3. The van der Waals surface area contributed by atoms with Gasteiger partial charge in [-0.1, -0.05) is 18.2 Å². The Morgan fingerprint density at radius 1 is 1.16 bits per heavy atom. The number of carbonyl (C=O) groups is 2. The molecule has 3 aromatic rings. The minimum atomic E-state index is -1.22. The Bertz CT molecular complexity index is 949. The van der Waals surface area contributed by atoms with Crippen molar-refractivity contribution in [2.75, 3.05) is 0 Å². The molecule has 0 aliphatic carbocycles. The van der Waals surface area contributed by atoms with Gasteiger partial charge in [-0.2, -0.15) is 0 Å². The van der Waals surface area contributed by atoms with Gasteiger partial charge in [0.2, 0.25) is 0 Å². The SMILES string of the molecule is CC1(c2ccc(F)cc2)NC(=O)N(Cc2cn3ccccc3n2)C1=O. The van der Waals surface area contributed by atoms with Gasteiger partial charge >= 0.3 is 6.03 Å². The molecule has 1 aliphatic rings. The maximum Gasteiger partial charge on any atom is 0.325 e. The smallest absolute Gasteiger partial charge is 0.319 e. The fraction of sp³-hybridized carbons (Fsp3) is 0.167. The molecular formula is C18H15FN4O2. The normalized spacial score (nSPS) is 20.3. The molecule has 1 fully saturated rings. The first-order chi connectivity index (χ1) is 12.0. The van der Waals surface area contributed by atoms with Crippen LogP contribution in [0.15, 0.2) is 54.9 Å². The number of pyridine rings is 1. The van der Waals surface area contributed by atoms with Gasteiger partial charge in [-0.05, 0) is 36.8 Å². The van der Waals surface area contributed by atoms with Crippen LogP contribution in [-0.4, -0.2) is 26.2 Å². The summed E-state index contributed by atoms with van der Waals surface area (Å²) in [5.41, 5.74) is 0.665. The molecule has 25 heavy (non-hydrogen) atoms. The van der Waals surface area contributed by atoms with Crippen LogP contribution < -0.4 is 5.32 Å². The van der Waals surface area contributed by atoms with Crippen LogP contribution in [0.25, 0.3) is 5.65 Å². The molecule has 3 amide bonds. The molecule has 0 bridgehead atoms. The van der Waals surface area contributed by atoms with E-state index >= 15 is 0 Å². The van der Waals surface area contributed by atoms with Crippen LogP contribution >= 0.6 is 0 Å². The van der Waals surface area contributed by atoms with Gasteiger partial charge in [0.15, 0.2) is 0 Å². The highest BCUT2D eigenvalue weighted by atomic mass is 19.1. The summed E-state index contributed by atoms with van der Waals surface area (Å²) in [7, 11) is 0. The Labute approximate surface area is 142 Å². The second-order valence-corrected chi connectivity index (χ2v) is 6.15. The highest BCUT2D eigenvalue weighted by Crippen LogP contribution is 2.29. The molecule has 126 valence electrons. The highest BCUT2D eigenvalue weighted by Gasteiger charge is 2.49. The van der Waals surface area contributed by atoms with Gasteiger partial charge in [0.05, 0.1) is 12.2 Å². The van der Waals surface area contributed by atoms with Gasteiger partial charge < -0.3 is 9.72 Å². The van der Waals surface area contributed by atoms with Gasteiger partial charge in [-0.15, -0.1) is 0 Å². The number of carbonyl (C=O) groups excluding carboxylic acids is 2. The lowest BCUT2D eigenvalue weighted by atomic mass is 9.92. The number of imide groups is 1. The predicted molar refractivity (Wildman–Crippen MR) is 88.0 cm³/mol. The Balaban J connectivity index is 1.63. The van der Waals surface area contributed by atoms with Crippen molar-refractivity contribution in [3.63, 3.8) is 0 Å². The van der Waals surface area contributed by atoms with Gasteiger partial charge in [0, 0.05) is 12.4 Å². The first-order valence-electron chi connectivity index (χ1n) is 7.80. The van der Waals surface area contributed by atoms with Gasteiger partial charge in [-0.3, -0.25) is 9.69 Å². The third-order valence-corrected chi connectivity index (χ3v) is 4.43. The molecular weight excluding hydrogens is 323 g/mol. The number of urea groups is 1. The van der Waals surface area contributed by atoms with Crippen LogP contribution in [0.1, 0.15) is 18.2 Å². The number of hydrogen-bond donors (Lipinski definition) is 1. The largest absolute Gasteiger partial charge is 0.325 e. The Hall–Kier alpha value is -3.22. The van der Waals surface area contributed by atoms with Crippen LogP contribution in [0.3, 0.4) is 0 Å². The van der Waals surface area contributed by atoms with E-state index in [9.17, 15) is 14.0 Å². The predicted octanol–water partition coefficient (Wildman–Crippen LogP) is 2.44. The average Bonchev–Trinajstić information content (AvgIpc) is 3.10. The zero-order valence-electron chi connectivity index (χ0n) is 13.4. The third kappa shape index (κ3) is 2.44. The fourth-order valence-corrected chi connectivity index (χ4v) is 3.04. The third-order valence-electron chi connectivity index (χ3n) is 4.43. The van der Waals surface area contributed by atoms with Crippen LogP contribution in [0.5, 0.6) is 0 Å². The number of nitrogens with one attached hydrogen (secondary N) is 1. The second-order valence-electron chi connectivity index (χ2n) is 6.15. The number of nitrogens with zero attached hydrogens (tertiary/aromatic N) is 3. The van der Waals surface area contributed by atoms with Crippen molar-refractivity contribution in [1.82, 2.24) is 19.6 Å². The maximum atomic E-state index is 13.1. The molecule has 0 spiro atoms. The van der Waals surface area contributed by atoms with Gasteiger partial charge in [0.25, 0.3) is 5.91 Å². The number of aromatic nitrogens is 2. The van der Waals surface area contributed by atoms with E-state index in [1.807, 2.05) is 28.8 Å². The van der Waals surface area contributed by atoms with Gasteiger partial charge in [0.1, 0.15) is 17.0 Å². The number of imidazole rings is 1. The molecule has 1 aliphatic heterocycles.